The van der Waals surface area contributed by atoms with E-state index in [1.165, 1.54) is 6.07 Å². The van der Waals surface area contributed by atoms with E-state index in [2.05, 4.69) is 10.3 Å². The fourth-order valence-electron chi connectivity index (χ4n) is 1.99. The van der Waals surface area contributed by atoms with Crippen LogP contribution in [0.1, 0.15) is 23.7 Å². The summed E-state index contributed by atoms with van der Waals surface area (Å²) in [7, 11) is 0. The molecule has 1 fully saturated rings. The Labute approximate surface area is 112 Å². The first-order valence-corrected chi connectivity index (χ1v) is 6.45. The summed E-state index contributed by atoms with van der Waals surface area (Å²) in [6.07, 6.45) is 2.60. The number of hydrogen-bond acceptors (Lipinski definition) is 6. The third kappa shape index (κ3) is 3.57. The van der Waals surface area contributed by atoms with E-state index in [1.807, 2.05) is 0 Å². The Hall–Kier alpha value is -1.82. The van der Waals surface area contributed by atoms with Crippen molar-refractivity contribution in [3.05, 3.63) is 17.8 Å². The smallest absolute Gasteiger partial charge is 0.340 e. The van der Waals surface area contributed by atoms with Gasteiger partial charge < -0.3 is 20.5 Å². The lowest BCUT2D eigenvalue weighted by Crippen LogP contribution is -2.17. The van der Waals surface area contributed by atoms with Crippen LogP contribution in [-0.2, 0) is 9.47 Å². The fourth-order valence-corrected chi connectivity index (χ4v) is 1.99. The van der Waals surface area contributed by atoms with Gasteiger partial charge in [-0.15, -0.1) is 0 Å². The summed E-state index contributed by atoms with van der Waals surface area (Å²) in [6, 6.07) is 1.53. The second-order valence-corrected chi connectivity index (χ2v) is 4.49. The van der Waals surface area contributed by atoms with E-state index < -0.39 is 0 Å². The van der Waals surface area contributed by atoms with E-state index in [0.717, 1.165) is 26.2 Å². The largest absolute Gasteiger partial charge is 0.462 e. The minimum Gasteiger partial charge on any atom is -0.462 e. The summed E-state index contributed by atoms with van der Waals surface area (Å²) in [5.41, 5.74) is 6.69. The van der Waals surface area contributed by atoms with Gasteiger partial charge in [-0.3, -0.25) is 0 Å². The summed E-state index contributed by atoms with van der Waals surface area (Å²) in [6.45, 7) is 4.40. The zero-order valence-corrected chi connectivity index (χ0v) is 11.0. The molecule has 1 unspecified atom stereocenters. The SMILES string of the molecule is CCOC(=O)c1cc(N)ncc1NCC1CCOC1. The maximum atomic E-state index is 11.8. The Kier molecular flexibility index (Phi) is 4.57. The Bertz CT molecular complexity index is 445. The first-order chi connectivity index (χ1) is 9.20. The first kappa shape index (κ1) is 13.6. The molecule has 1 aliphatic heterocycles. The number of aromatic nitrogens is 1. The molecule has 2 rings (SSSR count). The predicted molar refractivity (Wildman–Crippen MR) is 72.0 cm³/mol. The molecule has 0 aliphatic carbocycles. The van der Waals surface area contributed by atoms with Gasteiger partial charge >= 0.3 is 5.97 Å². The van der Waals surface area contributed by atoms with Gasteiger partial charge in [-0.05, 0) is 19.4 Å². The number of nitrogens with one attached hydrogen (secondary N) is 1. The molecule has 0 spiro atoms. The molecule has 0 aromatic carbocycles. The van der Waals surface area contributed by atoms with E-state index in [0.29, 0.717) is 29.6 Å². The first-order valence-electron chi connectivity index (χ1n) is 6.45. The van der Waals surface area contributed by atoms with Crippen molar-refractivity contribution in [2.75, 3.05) is 37.4 Å². The van der Waals surface area contributed by atoms with Crippen molar-refractivity contribution in [2.24, 2.45) is 5.92 Å². The minimum atomic E-state index is -0.387. The van der Waals surface area contributed by atoms with Crippen LogP contribution in [0.3, 0.4) is 0 Å². The molecule has 1 saturated heterocycles. The Morgan fingerprint density at radius 2 is 2.53 bits per heavy atom. The molecule has 0 radical (unpaired) electrons. The molecule has 6 heteroatoms. The highest BCUT2D eigenvalue weighted by Crippen LogP contribution is 2.20. The summed E-state index contributed by atoms with van der Waals surface area (Å²) < 4.78 is 10.3. The zero-order chi connectivity index (χ0) is 13.7. The highest BCUT2D eigenvalue weighted by atomic mass is 16.5. The van der Waals surface area contributed by atoms with Gasteiger partial charge in [-0.1, -0.05) is 0 Å². The average Bonchev–Trinajstić information content (AvgIpc) is 2.90. The second-order valence-electron chi connectivity index (χ2n) is 4.49. The van der Waals surface area contributed by atoms with Gasteiger partial charge in [0.25, 0.3) is 0 Å². The number of hydrogen-bond donors (Lipinski definition) is 2. The van der Waals surface area contributed by atoms with Gasteiger partial charge in [0.1, 0.15) is 5.82 Å². The summed E-state index contributed by atoms with van der Waals surface area (Å²) >= 11 is 0. The van der Waals surface area contributed by atoms with Crippen LogP contribution < -0.4 is 11.1 Å². The zero-order valence-electron chi connectivity index (χ0n) is 11.0. The maximum absolute atomic E-state index is 11.8. The number of esters is 1. The molecule has 19 heavy (non-hydrogen) atoms. The number of pyridine rings is 1. The third-order valence-electron chi connectivity index (χ3n) is 3.03. The predicted octanol–water partition coefficient (Wildman–Crippen LogP) is 1.29. The second kappa shape index (κ2) is 6.38. The highest BCUT2D eigenvalue weighted by Gasteiger charge is 2.18. The summed E-state index contributed by atoms with van der Waals surface area (Å²) in [5.74, 6) is 0.382. The van der Waals surface area contributed by atoms with Gasteiger partial charge in [0.15, 0.2) is 0 Å². The van der Waals surface area contributed by atoms with Crippen molar-refractivity contribution >= 4 is 17.5 Å². The van der Waals surface area contributed by atoms with Gasteiger partial charge in [0, 0.05) is 19.1 Å². The van der Waals surface area contributed by atoms with Crippen molar-refractivity contribution in [1.82, 2.24) is 4.98 Å². The van der Waals surface area contributed by atoms with Gasteiger partial charge in [0.2, 0.25) is 0 Å². The van der Waals surface area contributed by atoms with E-state index >= 15 is 0 Å². The number of rotatable bonds is 5. The Morgan fingerprint density at radius 3 is 3.21 bits per heavy atom. The van der Waals surface area contributed by atoms with Crippen LogP contribution in [0.25, 0.3) is 0 Å². The number of carbonyl (C=O) groups is 1. The molecule has 104 valence electrons. The maximum Gasteiger partial charge on any atom is 0.340 e. The van der Waals surface area contributed by atoms with E-state index in [1.54, 1.807) is 13.1 Å². The van der Waals surface area contributed by atoms with E-state index in [4.69, 9.17) is 15.2 Å². The molecular formula is C13H19N3O3. The van der Waals surface area contributed by atoms with Crippen LogP contribution in [0.15, 0.2) is 12.3 Å². The van der Waals surface area contributed by atoms with Crippen LogP contribution in [0.5, 0.6) is 0 Å². The minimum absolute atomic E-state index is 0.304. The molecule has 0 bridgehead atoms. The molecule has 1 atom stereocenters. The van der Waals surface area contributed by atoms with E-state index in [-0.39, 0.29) is 5.97 Å². The lowest BCUT2D eigenvalue weighted by Gasteiger charge is -2.14. The van der Waals surface area contributed by atoms with Crippen molar-refractivity contribution in [3.63, 3.8) is 0 Å². The highest BCUT2D eigenvalue weighted by molar-refractivity contribution is 5.96. The topological polar surface area (TPSA) is 86.5 Å². The van der Waals surface area contributed by atoms with Crippen molar-refractivity contribution in [2.45, 2.75) is 13.3 Å². The number of anilines is 2. The lowest BCUT2D eigenvalue weighted by molar-refractivity contribution is 0.0527. The molecule has 1 aliphatic rings. The standard InChI is InChI=1S/C13H19N3O3/c1-2-19-13(17)10-5-12(14)16-7-11(10)15-6-9-3-4-18-8-9/h5,7,9,15H,2-4,6,8H2,1H3,(H2,14,16). The Balaban J connectivity index is 2.07. The number of carbonyl (C=O) groups excluding carboxylic acids is 1. The van der Waals surface area contributed by atoms with Gasteiger partial charge in [0.05, 0.1) is 30.7 Å². The lowest BCUT2D eigenvalue weighted by atomic mass is 10.1. The quantitative estimate of drug-likeness (QED) is 0.780. The van der Waals surface area contributed by atoms with Crippen LogP contribution in [0.2, 0.25) is 0 Å². The molecule has 0 amide bonds. The number of nitrogen functional groups attached to an aromatic ring is 1. The van der Waals surface area contributed by atoms with Gasteiger partial charge in [-0.25, -0.2) is 9.78 Å². The van der Waals surface area contributed by atoms with Crippen molar-refractivity contribution in [1.29, 1.82) is 0 Å². The molecule has 6 nitrogen and oxygen atoms in total. The van der Waals surface area contributed by atoms with Crippen molar-refractivity contribution < 1.29 is 14.3 Å². The van der Waals surface area contributed by atoms with Crippen molar-refractivity contribution in [3.8, 4) is 0 Å². The number of ether oxygens (including phenoxy) is 2. The number of nitrogens with two attached hydrogens (primary N) is 1. The average molecular weight is 265 g/mol. The number of nitrogens with zero attached hydrogens (tertiary/aromatic N) is 1. The molecule has 2 heterocycles. The molecule has 0 saturated carbocycles. The van der Waals surface area contributed by atoms with Gasteiger partial charge in [-0.2, -0.15) is 0 Å². The van der Waals surface area contributed by atoms with Crippen LogP contribution in [0, 0.1) is 5.92 Å². The van der Waals surface area contributed by atoms with E-state index in [9.17, 15) is 4.79 Å². The third-order valence-corrected chi connectivity index (χ3v) is 3.03. The monoisotopic (exact) mass is 265 g/mol. The molecule has 1 aromatic rings. The fraction of sp³-hybridized carbons (Fsp3) is 0.538. The van der Waals surface area contributed by atoms with Crippen LogP contribution in [0.4, 0.5) is 11.5 Å². The molecule has 1 aromatic heterocycles. The molecular weight excluding hydrogens is 246 g/mol. The summed E-state index contributed by atoms with van der Waals surface area (Å²) in [4.78, 5) is 15.8. The summed E-state index contributed by atoms with van der Waals surface area (Å²) in [5, 5.41) is 3.22. The molecule has 3 N–H and O–H groups in total. The van der Waals surface area contributed by atoms with Crippen LogP contribution >= 0.6 is 0 Å². The normalized spacial score (nSPS) is 18.3. The van der Waals surface area contributed by atoms with Crippen LogP contribution in [-0.4, -0.2) is 37.3 Å². The Morgan fingerprint density at radius 1 is 1.68 bits per heavy atom.